The van der Waals surface area contributed by atoms with Crippen LogP contribution in [0.15, 0.2) is 48.5 Å². The molecule has 15 heteroatoms. The number of benzene rings is 3. The predicted molar refractivity (Wildman–Crippen MR) is 204 cm³/mol. The van der Waals surface area contributed by atoms with Crippen molar-refractivity contribution in [2.75, 3.05) is 37.7 Å². The molecule has 286 valence electrons. The van der Waals surface area contributed by atoms with E-state index in [0.717, 1.165) is 37.8 Å². The van der Waals surface area contributed by atoms with Gasteiger partial charge in [0.25, 0.3) is 0 Å². The zero-order chi connectivity index (χ0) is 38.3. The molecule has 2 aromatic heterocycles. The van der Waals surface area contributed by atoms with E-state index in [1.54, 1.807) is 42.5 Å². The molecule has 2 bridgehead atoms. The lowest BCUT2D eigenvalue weighted by Crippen LogP contribution is -2.60. The standard InChI is InChI=1S/C41H38BF3N6O5/c1-2-28-30(44)10-6-23-14-27(54-19-22-4-7-24(8-5-22)42(52)53)15-29(33(23)28)36-35(45)37-34-38(51-18-26-9-11-31(46-26)32(51)20-55-39(34)47-36)49-40(48-37)56-21-41-12-3-13-50(41)17-25(43)16-41/h1,4-8,10,14-15,25-26,31-32,46,52-53H,3,9,11-13,16-21H2/t25-,26-,31+,32-,41+/m1/s1. The summed E-state index contributed by atoms with van der Waals surface area (Å²) in [4.78, 5) is 18.7. The van der Waals surface area contributed by atoms with Crippen molar-refractivity contribution in [1.29, 1.82) is 0 Å². The van der Waals surface area contributed by atoms with Crippen molar-refractivity contribution in [3.63, 3.8) is 0 Å². The molecule has 0 unspecified atom stereocenters. The molecule has 5 aliphatic heterocycles. The summed E-state index contributed by atoms with van der Waals surface area (Å²) in [7, 11) is -1.60. The lowest BCUT2D eigenvalue weighted by atomic mass is 9.80. The van der Waals surface area contributed by atoms with Crippen LogP contribution in [0, 0.1) is 24.0 Å². The largest absolute Gasteiger partial charge is 0.489 e. The Morgan fingerprint density at radius 2 is 1.89 bits per heavy atom. The Bertz CT molecular complexity index is 2430. The topological polar surface area (TPSA) is 125 Å². The summed E-state index contributed by atoms with van der Waals surface area (Å²) < 4.78 is 66.6. The lowest BCUT2D eigenvalue weighted by Gasteiger charge is -2.40. The number of fused-ring (bicyclic) bond motifs is 7. The molecule has 3 aromatic carbocycles. The van der Waals surface area contributed by atoms with Gasteiger partial charge in [0.1, 0.15) is 60.0 Å². The maximum absolute atomic E-state index is 17.6. The van der Waals surface area contributed by atoms with E-state index < -0.39 is 30.5 Å². The number of piperazine rings is 1. The van der Waals surface area contributed by atoms with E-state index in [1.807, 2.05) is 0 Å². The first-order valence-electron chi connectivity index (χ1n) is 19.1. The van der Waals surface area contributed by atoms with Crippen LogP contribution in [-0.4, -0.2) is 99.7 Å². The highest BCUT2D eigenvalue weighted by Gasteiger charge is 2.50. The van der Waals surface area contributed by atoms with Gasteiger partial charge in [-0.3, -0.25) is 4.90 Å². The number of terminal acetylenes is 1. The molecule has 10 rings (SSSR count). The van der Waals surface area contributed by atoms with Crippen molar-refractivity contribution in [3.8, 4) is 41.2 Å². The second-order valence-corrected chi connectivity index (χ2v) is 15.6. The maximum atomic E-state index is 17.6. The zero-order valence-electron chi connectivity index (χ0n) is 30.4. The number of aromatic nitrogens is 3. The monoisotopic (exact) mass is 762 g/mol. The Hall–Kier alpha value is -5.14. The summed E-state index contributed by atoms with van der Waals surface area (Å²) in [6.07, 6.45) is 8.95. The highest BCUT2D eigenvalue weighted by molar-refractivity contribution is 6.58. The minimum absolute atomic E-state index is 0.0263. The molecule has 5 atom stereocenters. The van der Waals surface area contributed by atoms with Crippen LogP contribution < -0.4 is 29.9 Å². The average Bonchev–Trinajstić information content (AvgIpc) is 3.84. The lowest BCUT2D eigenvalue weighted by molar-refractivity contribution is 0.107. The summed E-state index contributed by atoms with van der Waals surface area (Å²) >= 11 is 0. The molecule has 7 heterocycles. The van der Waals surface area contributed by atoms with Gasteiger partial charge in [0.15, 0.2) is 5.82 Å². The molecule has 0 amide bonds. The van der Waals surface area contributed by atoms with E-state index in [9.17, 15) is 14.4 Å². The Morgan fingerprint density at radius 3 is 2.71 bits per heavy atom. The van der Waals surface area contributed by atoms with Crippen LogP contribution in [0.5, 0.6) is 17.6 Å². The quantitative estimate of drug-likeness (QED) is 0.157. The van der Waals surface area contributed by atoms with Gasteiger partial charge in [0.05, 0.1) is 17.1 Å². The zero-order valence-corrected chi connectivity index (χ0v) is 30.4. The van der Waals surface area contributed by atoms with Crippen molar-refractivity contribution in [3.05, 3.63) is 71.3 Å². The van der Waals surface area contributed by atoms with Crippen molar-refractivity contribution in [1.82, 2.24) is 25.2 Å². The van der Waals surface area contributed by atoms with Gasteiger partial charge in [-0.25, -0.2) is 18.2 Å². The normalized spacial score (nSPS) is 25.1. The number of pyridine rings is 1. The van der Waals surface area contributed by atoms with Crippen molar-refractivity contribution in [2.24, 2.45) is 0 Å². The van der Waals surface area contributed by atoms with Crippen LogP contribution >= 0.6 is 0 Å². The average molecular weight is 763 g/mol. The minimum Gasteiger partial charge on any atom is -0.489 e. The fourth-order valence-corrected chi connectivity index (χ4v) is 9.58. The maximum Gasteiger partial charge on any atom is 0.488 e. The molecule has 11 nitrogen and oxygen atoms in total. The molecular weight excluding hydrogens is 724 g/mol. The van der Waals surface area contributed by atoms with Gasteiger partial charge in [-0.15, -0.1) is 6.42 Å². The van der Waals surface area contributed by atoms with Crippen molar-refractivity contribution >= 4 is 40.1 Å². The van der Waals surface area contributed by atoms with E-state index in [0.29, 0.717) is 47.3 Å². The van der Waals surface area contributed by atoms with Crippen molar-refractivity contribution < 1.29 is 37.4 Å². The summed E-state index contributed by atoms with van der Waals surface area (Å²) in [5, 5.41) is 23.7. The number of ether oxygens (including phenoxy) is 3. The number of halogens is 3. The Balaban J connectivity index is 1.12. The molecule has 4 saturated heterocycles. The number of hydrogen-bond donors (Lipinski definition) is 3. The molecule has 0 spiro atoms. The van der Waals surface area contributed by atoms with Crippen LogP contribution in [-0.2, 0) is 6.61 Å². The smallest absolute Gasteiger partial charge is 0.488 e. The minimum atomic E-state index is -1.60. The van der Waals surface area contributed by atoms with E-state index in [1.165, 1.54) is 6.07 Å². The third kappa shape index (κ3) is 5.81. The summed E-state index contributed by atoms with van der Waals surface area (Å²) in [6.45, 7) is 2.28. The van der Waals surface area contributed by atoms with Crippen LogP contribution in [0.3, 0.4) is 0 Å². The van der Waals surface area contributed by atoms with E-state index in [-0.39, 0.29) is 77.6 Å². The van der Waals surface area contributed by atoms with E-state index >= 15 is 8.78 Å². The van der Waals surface area contributed by atoms with Gasteiger partial charge in [-0.05, 0) is 66.8 Å². The molecule has 0 saturated carbocycles. The fourth-order valence-electron chi connectivity index (χ4n) is 9.58. The number of anilines is 1. The Labute approximate surface area is 320 Å². The first kappa shape index (κ1) is 35.3. The Morgan fingerprint density at radius 1 is 1.04 bits per heavy atom. The van der Waals surface area contributed by atoms with E-state index in [4.69, 9.17) is 30.6 Å². The number of rotatable bonds is 8. The third-order valence-corrected chi connectivity index (χ3v) is 12.3. The van der Waals surface area contributed by atoms with Gasteiger partial charge < -0.3 is 34.5 Å². The van der Waals surface area contributed by atoms with Gasteiger partial charge in [-0.2, -0.15) is 9.97 Å². The third-order valence-electron chi connectivity index (χ3n) is 12.3. The SMILES string of the molecule is C#Cc1c(F)ccc2cc(OCc3ccc(B(O)O)cc3)cc(-c3nc4c5c(nc(OC[C@@]67CCCN6C[C@H](F)C7)nc5c3F)N3C[C@H]5CC[C@H](N5)[C@H]3CO4)c12. The molecule has 5 aromatic rings. The molecule has 3 N–H and O–H groups in total. The summed E-state index contributed by atoms with van der Waals surface area (Å²) in [5.41, 5.74) is 0.460. The molecule has 4 fully saturated rings. The molecule has 5 aliphatic rings. The van der Waals surface area contributed by atoms with Crippen LogP contribution in [0.4, 0.5) is 19.0 Å². The summed E-state index contributed by atoms with van der Waals surface area (Å²) in [6, 6.07) is 12.8. The van der Waals surface area contributed by atoms with Gasteiger partial charge in [0, 0.05) is 42.5 Å². The first-order chi connectivity index (χ1) is 27.2. The van der Waals surface area contributed by atoms with Crippen LogP contribution in [0.1, 0.15) is 43.2 Å². The summed E-state index contributed by atoms with van der Waals surface area (Å²) in [5.74, 6) is 1.92. The number of nitrogens with one attached hydrogen (secondary N) is 1. The van der Waals surface area contributed by atoms with Crippen molar-refractivity contribution in [2.45, 2.75) is 68.5 Å². The fraction of sp³-hybridized carbons (Fsp3) is 0.390. The Kier molecular flexibility index (Phi) is 8.52. The molecular formula is C41H38BF3N6O5. The highest BCUT2D eigenvalue weighted by atomic mass is 19.1. The van der Waals surface area contributed by atoms with Gasteiger partial charge >= 0.3 is 13.1 Å². The van der Waals surface area contributed by atoms with Crippen LogP contribution in [0.2, 0.25) is 0 Å². The molecule has 0 aliphatic carbocycles. The van der Waals surface area contributed by atoms with Gasteiger partial charge in [-0.1, -0.05) is 36.3 Å². The first-order valence-corrected chi connectivity index (χ1v) is 19.1. The van der Waals surface area contributed by atoms with Gasteiger partial charge in [0.2, 0.25) is 5.88 Å². The highest BCUT2D eigenvalue weighted by Crippen LogP contribution is 2.46. The number of hydrogen-bond acceptors (Lipinski definition) is 11. The van der Waals surface area contributed by atoms with E-state index in [2.05, 4.69) is 26.0 Å². The number of nitrogens with zero attached hydrogens (tertiary/aromatic N) is 5. The molecule has 56 heavy (non-hydrogen) atoms. The second-order valence-electron chi connectivity index (χ2n) is 15.6. The second kappa shape index (κ2) is 13.5. The van der Waals surface area contributed by atoms with Crippen LogP contribution in [0.25, 0.3) is 32.9 Å². The molecule has 0 radical (unpaired) electrons. The number of alkyl halides is 1. The predicted octanol–water partition coefficient (Wildman–Crippen LogP) is 4.02.